The molecule has 8 nitrogen and oxygen atoms in total. The summed E-state index contributed by atoms with van der Waals surface area (Å²) in [6.07, 6.45) is -0.496. The zero-order valence-corrected chi connectivity index (χ0v) is 16.8. The molecule has 0 aliphatic heterocycles. The van der Waals surface area contributed by atoms with Crippen molar-refractivity contribution in [3.63, 3.8) is 0 Å². The van der Waals surface area contributed by atoms with E-state index >= 15 is 0 Å². The molecular formula is C23H22O8. The maximum Gasteiger partial charge on any atom is 0.344 e. The quantitative estimate of drug-likeness (QED) is 0.307. The molecule has 0 radical (unpaired) electrons. The van der Waals surface area contributed by atoms with Gasteiger partial charge >= 0.3 is 23.9 Å². The van der Waals surface area contributed by atoms with E-state index in [0.717, 1.165) is 11.1 Å². The highest BCUT2D eigenvalue weighted by Gasteiger charge is 2.17. The van der Waals surface area contributed by atoms with Gasteiger partial charge in [0.05, 0.1) is 6.42 Å². The lowest BCUT2D eigenvalue weighted by molar-refractivity contribution is -0.160. The van der Waals surface area contributed by atoms with Crippen molar-refractivity contribution in [2.45, 2.75) is 19.6 Å². The van der Waals surface area contributed by atoms with E-state index in [1.807, 2.05) is 12.1 Å². The Morgan fingerprint density at radius 1 is 0.613 bits per heavy atom. The molecule has 2 aromatic carbocycles. The van der Waals surface area contributed by atoms with Crippen molar-refractivity contribution in [1.82, 2.24) is 0 Å². The predicted octanol–water partition coefficient (Wildman–Crippen LogP) is 2.51. The molecule has 0 heterocycles. The Hall–Kier alpha value is -3.94. The summed E-state index contributed by atoms with van der Waals surface area (Å²) in [6, 6.07) is 18.0. The van der Waals surface area contributed by atoms with Crippen LogP contribution in [0.25, 0.3) is 0 Å². The van der Waals surface area contributed by atoms with E-state index < -0.39 is 43.5 Å². The topological polar surface area (TPSA) is 105 Å². The third-order valence-electron chi connectivity index (χ3n) is 3.80. The minimum atomic E-state index is -0.944. The molecule has 0 saturated heterocycles. The van der Waals surface area contributed by atoms with E-state index in [1.165, 1.54) is 0 Å². The molecule has 0 aliphatic rings. The Kier molecular flexibility index (Phi) is 9.48. The maximum atomic E-state index is 11.8. The van der Waals surface area contributed by atoms with Crippen molar-refractivity contribution in [2.24, 2.45) is 0 Å². The van der Waals surface area contributed by atoms with Gasteiger partial charge in [-0.3, -0.25) is 4.79 Å². The SMILES string of the molecule is C=C(CC(=O)OCC(=O)OCc1ccccc1)C(=O)OCC(=O)OCc1ccccc1. The molecule has 0 bridgehead atoms. The van der Waals surface area contributed by atoms with Gasteiger partial charge in [0.2, 0.25) is 0 Å². The largest absolute Gasteiger partial charge is 0.458 e. The molecular weight excluding hydrogens is 404 g/mol. The lowest BCUT2D eigenvalue weighted by Crippen LogP contribution is -2.20. The standard InChI is InChI=1S/C23H22O8/c1-17(23(27)31-16-22(26)29-14-19-10-6-3-7-11-19)12-20(24)30-15-21(25)28-13-18-8-4-2-5-9-18/h2-11H,1,12-16H2. The number of hydrogen-bond donors (Lipinski definition) is 0. The summed E-state index contributed by atoms with van der Waals surface area (Å²) in [7, 11) is 0. The van der Waals surface area contributed by atoms with E-state index in [0.29, 0.717) is 0 Å². The lowest BCUT2D eigenvalue weighted by Gasteiger charge is -2.08. The first-order valence-electron chi connectivity index (χ1n) is 9.33. The van der Waals surface area contributed by atoms with Crippen LogP contribution in [0.1, 0.15) is 17.5 Å². The number of hydrogen-bond acceptors (Lipinski definition) is 8. The second kappa shape index (κ2) is 12.6. The summed E-state index contributed by atoms with van der Waals surface area (Å²) in [5, 5.41) is 0. The molecule has 2 rings (SSSR count). The van der Waals surface area contributed by atoms with Gasteiger partial charge in [-0.15, -0.1) is 0 Å². The van der Waals surface area contributed by atoms with Crippen molar-refractivity contribution < 1.29 is 38.1 Å². The van der Waals surface area contributed by atoms with Crippen LogP contribution in [0.2, 0.25) is 0 Å². The highest BCUT2D eigenvalue weighted by atomic mass is 16.6. The molecule has 2 aromatic rings. The first-order valence-corrected chi connectivity index (χ1v) is 9.33. The Bertz CT molecular complexity index is 906. The van der Waals surface area contributed by atoms with Gasteiger partial charge in [-0.2, -0.15) is 0 Å². The molecule has 0 atom stereocenters. The van der Waals surface area contributed by atoms with Crippen molar-refractivity contribution >= 4 is 23.9 Å². The minimum Gasteiger partial charge on any atom is -0.458 e. The summed E-state index contributed by atoms with van der Waals surface area (Å²) in [4.78, 5) is 46.8. The van der Waals surface area contributed by atoms with Crippen LogP contribution in [0, 0.1) is 0 Å². The smallest absolute Gasteiger partial charge is 0.344 e. The van der Waals surface area contributed by atoms with Crippen LogP contribution in [0.5, 0.6) is 0 Å². The zero-order valence-electron chi connectivity index (χ0n) is 16.8. The van der Waals surface area contributed by atoms with Gasteiger partial charge in [-0.05, 0) is 11.1 Å². The Morgan fingerprint density at radius 2 is 1.06 bits per heavy atom. The number of carbonyl (C=O) groups excluding carboxylic acids is 4. The van der Waals surface area contributed by atoms with Gasteiger partial charge in [-0.1, -0.05) is 67.2 Å². The number of rotatable bonds is 11. The van der Waals surface area contributed by atoms with Crippen molar-refractivity contribution in [3.05, 3.63) is 83.9 Å². The first-order chi connectivity index (χ1) is 14.9. The highest BCUT2D eigenvalue weighted by molar-refractivity contribution is 5.94. The Morgan fingerprint density at radius 3 is 1.55 bits per heavy atom. The molecule has 0 fully saturated rings. The number of esters is 4. The van der Waals surface area contributed by atoms with Crippen LogP contribution >= 0.6 is 0 Å². The second-order valence-electron chi connectivity index (χ2n) is 6.31. The van der Waals surface area contributed by atoms with E-state index in [2.05, 4.69) is 6.58 Å². The minimum absolute atomic E-state index is 0.0465. The first kappa shape index (κ1) is 23.3. The fourth-order valence-electron chi connectivity index (χ4n) is 2.22. The maximum absolute atomic E-state index is 11.8. The highest BCUT2D eigenvalue weighted by Crippen LogP contribution is 2.05. The van der Waals surface area contributed by atoms with Crippen LogP contribution in [0.4, 0.5) is 0 Å². The molecule has 0 amide bonds. The summed E-state index contributed by atoms with van der Waals surface area (Å²) < 4.78 is 19.4. The van der Waals surface area contributed by atoms with Crippen molar-refractivity contribution in [2.75, 3.05) is 13.2 Å². The van der Waals surface area contributed by atoms with Gasteiger partial charge in [0, 0.05) is 5.57 Å². The number of ether oxygens (including phenoxy) is 4. The average molecular weight is 426 g/mol. The fourth-order valence-corrected chi connectivity index (χ4v) is 2.22. The van der Waals surface area contributed by atoms with Crippen LogP contribution < -0.4 is 0 Å². The monoisotopic (exact) mass is 426 g/mol. The van der Waals surface area contributed by atoms with Gasteiger partial charge in [0.1, 0.15) is 13.2 Å². The molecule has 31 heavy (non-hydrogen) atoms. The third-order valence-corrected chi connectivity index (χ3v) is 3.80. The molecule has 0 saturated carbocycles. The second-order valence-corrected chi connectivity index (χ2v) is 6.31. The van der Waals surface area contributed by atoms with Crippen LogP contribution in [-0.2, 0) is 51.3 Å². The average Bonchev–Trinajstić information content (AvgIpc) is 2.79. The number of benzene rings is 2. The Balaban J connectivity index is 1.60. The summed E-state index contributed by atoms with van der Waals surface area (Å²) >= 11 is 0. The van der Waals surface area contributed by atoms with Gasteiger partial charge < -0.3 is 18.9 Å². The Labute approximate surface area is 179 Å². The number of carbonyl (C=O) groups is 4. The van der Waals surface area contributed by atoms with Gasteiger partial charge in [-0.25, -0.2) is 14.4 Å². The van der Waals surface area contributed by atoms with E-state index in [4.69, 9.17) is 18.9 Å². The third kappa shape index (κ3) is 9.40. The van der Waals surface area contributed by atoms with Crippen LogP contribution in [0.15, 0.2) is 72.8 Å². The van der Waals surface area contributed by atoms with E-state index in [1.54, 1.807) is 48.5 Å². The molecule has 8 heteroatoms. The van der Waals surface area contributed by atoms with Gasteiger partial charge in [0.25, 0.3) is 0 Å². The zero-order chi connectivity index (χ0) is 22.5. The molecule has 162 valence electrons. The van der Waals surface area contributed by atoms with Crippen LogP contribution in [0.3, 0.4) is 0 Å². The summed E-state index contributed by atoms with van der Waals surface area (Å²) in [6.45, 7) is 2.31. The van der Waals surface area contributed by atoms with Gasteiger partial charge in [0.15, 0.2) is 13.2 Å². The molecule has 0 spiro atoms. The van der Waals surface area contributed by atoms with Crippen LogP contribution in [-0.4, -0.2) is 37.1 Å². The summed E-state index contributed by atoms with van der Waals surface area (Å²) in [5.41, 5.74) is 1.36. The predicted molar refractivity (Wildman–Crippen MR) is 108 cm³/mol. The normalized spacial score (nSPS) is 9.94. The van der Waals surface area contributed by atoms with E-state index in [-0.39, 0.29) is 18.8 Å². The lowest BCUT2D eigenvalue weighted by atomic mass is 10.2. The molecule has 0 aliphatic carbocycles. The summed E-state index contributed by atoms with van der Waals surface area (Å²) in [5.74, 6) is -3.27. The molecule has 0 N–H and O–H groups in total. The van der Waals surface area contributed by atoms with E-state index in [9.17, 15) is 19.2 Å². The van der Waals surface area contributed by atoms with Crippen molar-refractivity contribution in [1.29, 1.82) is 0 Å². The molecule has 0 unspecified atom stereocenters. The fraction of sp³-hybridized carbons (Fsp3) is 0.217. The molecule has 0 aromatic heterocycles. The van der Waals surface area contributed by atoms with Crippen molar-refractivity contribution in [3.8, 4) is 0 Å².